The minimum absolute atomic E-state index is 0.131. The summed E-state index contributed by atoms with van der Waals surface area (Å²) in [6, 6.07) is 12.7. The van der Waals surface area contributed by atoms with Gasteiger partial charge in [0.2, 0.25) is 5.91 Å². The van der Waals surface area contributed by atoms with Crippen LogP contribution < -0.4 is 5.32 Å². The fourth-order valence-electron chi connectivity index (χ4n) is 2.91. The van der Waals surface area contributed by atoms with E-state index in [-0.39, 0.29) is 5.91 Å². The maximum absolute atomic E-state index is 11.8. The number of nitrogens with zero attached hydrogens (tertiary/aromatic N) is 1. The SMILES string of the molecule is O=C(Cc1cccs1)NCCCN1CCc2ccccc2C1. The molecule has 1 aromatic heterocycles. The van der Waals surface area contributed by atoms with Crippen molar-refractivity contribution in [1.82, 2.24) is 10.2 Å². The molecule has 0 unspecified atom stereocenters. The molecule has 0 fully saturated rings. The zero-order valence-electron chi connectivity index (χ0n) is 12.8. The Bertz CT molecular complexity index is 609. The van der Waals surface area contributed by atoms with Gasteiger partial charge in [-0.1, -0.05) is 30.3 Å². The van der Waals surface area contributed by atoms with Crippen molar-refractivity contribution in [2.24, 2.45) is 0 Å². The molecule has 0 radical (unpaired) electrons. The van der Waals surface area contributed by atoms with Crippen LogP contribution in [0.2, 0.25) is 0 Å². The van der Waals surface area contributed by atoms with E-state index in [1.807, 2.05) is 17.5 Å². The number of amides is 1. The second kappa shape index (κ2) is 7.56. The fraction of sp³-hybridized carbons (Fsp3) is 0.389. The van der Waals surface area contributed by atoms with Crippen LogP contribution >= 0.6 is 11.3 Å². The van der Waals surface area contributed by atoms with Crippen LogP contribution in [-0.4, -0.2) is 30.4 Å². The number of thiophene rings is 1. The lowest BCUT2D eigenvalue weighted by molar-refractivity contribution is -0.120. The minimum atomic E-state index is 0.131. The largest absolute Gasteiger partial charge is 0.356 e. The molecule has 4 heteroatoms. The van der Waals surface area contributed by atoms with Crippen LogP contribution in [0, 0.1) is 0 Å². The van der Waals surface area contributed by atoms with E-state index in [2.05, 4.69) is 34.5 Å². The molecule has 1 aliphatic rings. The molecule has 1 aromatic carbocycles. The number of hydrogen-bond donors (Lipinski definition) is 1. The molecule has 22 heavy (non-hydrogen) atoms. The van der Waals surface area contributed by atoms with Crippen LogP contribution in [0.25, 0.3) is 0 Å². The zero-order valence-corrected chi connectivity index (χ0v) is 13.6. The Morgan fingerprint density at radius 2 is 2.05 bits per heavy atom. The molecule has 116 valence electrons. The van der Waals surface area contributed by atoms with Gasteiger partial charge >= 0.3 is 0 Å². The van der Waals surface area contributed by atoms with E-state index < -0.39 is 0 Å². The third kappa shape index (κ3) is 4.18. The monoisotopic (exact) mass is 314 g/mol. The smallest absolute Gasteiger partial charge is 0.225 e. The molecule has 3 rings (SSSR count). The third-order valence-electron chi connectivity index (χ3n) is 4.10. The van der Waals surface area contributed by atoms with Crippen molar-refractivity contribution >= 4 is 17.2 Å². The van der Waals surface area contributed by atoms with Gasteiger partial charge in [-0.2, -0.15) is 0 Å². The van der Waals surface area contributed by atoms with Gasteiger partial charge in [0, 0.05) is 31.1 Å². The van der Waals surface area contributed by atoms with Gasteiger partial charge in [0.1, 0.15) is 0 Å². The normalized spacial score (nSPS) is 14.5. The van der Waals surface area contributed by atoms with E-state index in [9.17, 15) is 4.79 Å². The van der Waals surface area contributed by atoms with Crippen molar-refractivity contribution in [2.45, 2.75) is 25.8 Å². The molecule has 1 aliphatic heterocycles. The number of carbonyl (C=O) groups excluding carboxylic acids is 1. The second-order valence-corrected chi connectivity index (χ2v) is 6.79. The molecule has 0 spiro atoms. The Morgan fingerprint density at radius 3 is 2.86 bits per heavy atom. The Morgan fingerprint density at radius 1 is 1.18 bits per heavy atom. The number of hydrogen-bond acceptors (Lipinski definition) is 3. The standard InChI is InChI=1S/C18H22N2OS/c21-18(13-17-7-3-12-22-17)19-9-4-10-20-11-8-15-5-1-2-6-16(15)14-20/h1-3,5-7,12H,4,8-11,13-14H2,(H,19,21). The van der Waals surface area contributed by atoms with Crippen molar-refractivity contribution in [1.29, 1.82) is 0 Å². The first-order valence-electron chi connectivity index (χ1n) is 7.89. The Labute approximate surface area is 136 Å². The average Bonchev–Trinajstić information content (AvgIpc) is 3.04. The highest BCUT2D eigenvalue weighted by Gasteiger charge is 2.14. The quantitative estimate of drug-likeness (QED) is 0.832. The number of rotatable bonds is 6. The average molecular weight is 314 g/mol. The lowest BCUT2D eigenvalue weighted by atomic mass is 10.00. The van der Waals surface area contributed by atoms with Gasteiger partial charge in [-0.3, -0.25) is 9.69 Å². The topological polar surface area (TPSA) is 32.3 Å². The van der Waals surface area contributed by atoms with Gasteiger partial charge in [-0.05, 0) is 35.4 Å². The van der Waals surface area contributed by atoms with Gasteiger partial charge in [-0.15, -0.1) is 11.3 Å². The molecular formula is C18H22N2OS. The molecule has 1 amide bonds. The number of carbonyl (C=O) groups is 1. The summed E-state index contributed by atoms with van der Waals surface area (Å²) in [5, 5.41) is 5.03. The molecule has 0 saturated carbocycles. The summed E-state index contributed by atoms with van der Waals surface area (Å²) in [5.41, 5.74) is 2.94. The molecule has 0 atom stereocenters. The first-order valence-corrected chi connectivity index (χ1v) is 8.77. The fourth-order valence-corrected chi connectivity index (χ4v) is 3.61. The lowest BCUT2D eigenvalue weighted by Crippen LogP contribution is -2.34. The van der Waals surface area contributed by atoms with Crippen LogP contribution in [-0.2, 0) is 24.2 Å². The molecule has 2 aromatic rings. The van der Waals surface area contributed by atoms with E-state index in [4.69, 9.17) is 0 Å². The van der Waals surface area contributed by atoms with Gasteiger partial charge < -0.3 is 5.32 Å². The van der Waals surface area contributed by atoms with Crippen molar-refractivity contribution in [3.63, 3.8) is 0 Å². The van der Waals surface area contributed by atoms with Crippen molar-refractivity contribution in [3.05, 3.63) is 57.8 Å². The first-order chi connectivity index (χ1) is 10.8. The lowest BCUT2D eigenvalue weighted by Gasteiger charge is -2.28. The van der Waals surface area contributed by atoms with Gasteiger partial charge in [-0.25, -0.2) is 0 Å². The summed E-state index contributed by atoms with van der Waals surface area (Å²) in [6.45, 7) is 3.98. The van der Waals surface area contributed by atoms with E-state index in [1.165, 1.54) is 11.1 Å². The molecule has 0 saturated heterocycles. The summed E-state index contributed by atoms with van der Waals surface area (Å²) in [7, 11) is 0. The summed E-state index contributed by atoms with van der Waals surface area (Å²) in [5.74, 6) is 0.131. The summed E-state index contributed by atoms with van der Waals surface area (Å²) < 4.78 is 0. The van der Waals surface area contributed by atoms with Gasteiger partial charge in [0.25, 0.3) is 0 Å². The molecular weight excluding hydrogens is 292 g/mol. The predicted octanol–water partition coefficient (Wildman–Crippen LogP) is 2.86. The Balaban J connectivity index is 1.35. The summed E-state index contributed by atoms with van der Waals surface area (Å²) in [4.78, 5) is 15.4. The molecule has 0 aliphatic carbocycles. The molecule has 2 heterocycles. The van der Waals surface area contributed by atoms with E-state index in [1.54, 1.807) is 11.3 Å². The van der Waals surface area contributed by atoms with Crippen LogP contribution in [0.1, 0.15) is 22.4 Å². The molecule has 0 bridgehead atoms. The highest BCUT2D eigenvalue weighted by Crippen LogP contribution is 2.18. The van der Waals surface area contributed by atoms with Crippen LogP contribution in [0.4, 0.5) is 0 Å². The van der Waals surface area contributed by atoms with Crippen molar-refractivity contribution in [3.8, 4) is 0 Å². The van der Waals surface area contributed by atoms with Gasteiger partial charge in [0.05, 0.1) is 6.42 Å². The Hall–Kier alpha value is -1.65. The van der Waals surface area contributed by atoms with Crippen LogP contribution in [0.5, 0.6) is 0 Å². The summed E-state index contributed by atoms with van der Waals surface area (Å²) >= 11 is 1.64. The van der Waals surface area contributed by atoms with E-state index in [0.29, 0.717) is 6.42 Å². The Kier molecular flexibility index (Phi) is 5.24. The minimum Gasteiger partial charge on any atom is -0.356 e. The van der Waals surface area contributed by atoms with Crippen molar-refractivity contribution in [2.75, 3.05) is 19.6 Å². The second-order valence-electron chi connectivity index (χ2n) is 5.75. The van der Waals surface area contributed by atoms with E-state index >= 15 is 0 Å². The number of benzene rings is 1. The molecule has 1 N–H and O–H groups in total. The van der Waals surface area contributed by atoms with Crippen molar-refractivity contribution < 1.29 is 4.79 Å². The highest BCUT2D eigenvalue weighted by atomic mass is 32.1. The predicted molar refractivity (Wildman–Crippen MR) is 91.1 cm³/mol. The number of fused-ring (bicyclic) bond motifs is 1. The van der Waals surface area contributed by atoms with Gasteiger partial charge in [0.15, 0.2) is 0 Å². The van der Waals surface area contributed by atoms with Crippen LogP contribution in [0.15, 0.2) is 41.8 Å². The first kappa shape index (κ1) is 15.3. The maximum Gasteiger partial charge on any atom is 0.225 e. The zero-order chi connectivity index (χ0) is 15.2. The molecule has 3 nitrogen and oxygen atoms in total. The maximum atomic E-state index is 11.8. The number of nitrogens with one attached hydrogen (secondary N) is 1. The van der Waals surface area contributed by atoms with Crippen LogP contribution in [0.3, 0.4) is 0 Å². The van der Waals surface area contributed by atoms with E-state index in [0.717, 1.165) is 43.9 Å². The third-order valence-corrected chi connectivity index (χ3v) is 4.97. The highest BCUT2D eigenvalue weighted by molar-refractivity contribution is 7.10. The summed E-state index contributed by atoms with van der Waals surface area (Å²) in [6.07, 6.45) is 2.66.